The highest BCUT2D eigenvalue weighted by Gasteiger charge is 2.51. The number of hydrogen-bond acceptors (Lipinski definition) is 6. The van der Waals surface area contributed by atoms with E-state index >= 15 is 0 Å². The van der Waals surface area contributed by atoms with Crippen LogP contribution in [0.3, 0.4) is 0 Å². The van der Waals surface area contributed by atoms with E-state index in [0.29, 0.717) is 21.7 Å². The molecule has 0 bridgehead atoms. The van der Waals surface area contributed by atoms with Gasteiger partial charge in [0.15, 0.2) is 11.6 Å². The largest absolute Gasteiger partial charge is 0.508 e. The Morgan fingerprint density at radius 2 is 1.67 bits per heavy atom. The molecule has 0 aliphatic carbocycles. The normalized spacial score (nSPS) is 12.0. The summed E-state index contributed by atoms with van der Waals surface area (Å²) in [6, 6.07) is 11.1. The highest BCUT2D eigenvalue weighted by molar-refractivity contribution is 6.33. The predicted octanol–water partition coefficient (Wildman–Crippen LogP) is 5.66. The van der Waals surface area contributed by atoms with E-state index in [1.165, 1.54) is 19.2 Å². The first-order chi connectivity index (χ1) is 15.4. The maximum absolute atomic E-state index is 13.1. The number of aromatic nitrogens is 3. The summed E-state index contributed by atoms with van der Waals surface area (Å²) in [7, 11) is 1.39. The molecule has 33 heavy (non-hydrogen) atoms. The minimum absolute atomic E-state index is 0.0339. The molecule has 0 fully saturated rings. The Balaban J connectivity index is 1.93. The van der Waals surface area contributed by atoms with Crippen LogP contribution in [0, 0.1) is 5.41 Å². The zero-order chi connectivity index (χ0) is 24.4. The molecule has 1 aromatic heterocycles. The Morgan fingerprint density at radius 3 is 2.27 bits per heavy atom. The molecule has 6 nitrogen and oxygen atoms in total. The fourth-order valence-corrected chi connectivity index (χ4v) is 3.14. The van der Waals surface area contributed by atoms with E-state index in [1.807, 2.05) is 0 Å². The molecule has 0 saturated carbocycles. The molecule has 3 rings (SSSR count). The van der Waals surface area contributed by atoms with Gasteiger partial charge >= 0.3 is 12.2 Å². The van der Waals surface area contributed by atoms with Crippen molar-refractivity contribution in [2.24, 2.45) is 5.41 Å². The molecule has 0 spiro atoms. The van der Waals surface area contributed by atoms with E-state index in [0.717, 1.165) is 13.8 Å². The molecule has 0 unspecified atom stereocenters. The number of phenolic OH excluding ortho intramolecular Hbond substituents is 1. The number of ether oxygens (including phenoxy) is 1. The highest BCUT2D eigenvalue weighted by Crippen LogP contribution is 2.39. The van der Waals surface area contributed by atoms with Crippen LogP contribution in [0.15, 0.2) is 42.5 Å². The number of ketones is 1. The van der Waals surface area contributed by atoms with Crippen molar-refractivity contribution in [3.63, 3.8) is 0 Å². The lowest BCUT2D eigenvalue weighted by atomic mass is 9.84. The zero-order valence-electron chi connectivity index (χ0n) is 18.1. The first kappa shape index (κ1) is 24.4. The molecule has 0 radical (unpaired) electrons. The molecular formula is C23H21ClF3N3O3. The molecule has 0 atom stereocenters. The molecule has 3 aromatic rings. The van der Waals surface area contributed by atoms with E-state index in [4.69, 9.17) is 16.3 Å². The van der Waals surface area contributed by atoms with Gasteiger partial charge in [-0.3, -0.25) is 4.79 Å². The van der Waals surface area contributed by atoms with Gasteiger partial charge in [-0.25, -0.2) is 4.98 Å². The van der Waals surface area contributed by atoms with Gasteiger partial charge in [0.05, 0.1) is 12.1 Å². The minimum atomic E-state index is -4.62. The van der Waals surface area contributed by atoms with Crippen LogP contribution in [-0.2, 0) is 11.2 Å². The quantitative estimate of drug-likeness (QED) is 0.470. The van der Waals surface area contributed by atoms with Crippen molar-refractivity contribution >= 4 is 17.4 Å². The van der Waals surface area contributed by atoms with Gasteiger partial charge in [-0.15, -0.1) is 0 Å². The van der Waals surface area contributed by atoms with Crippen LogP contribution in [0.25, 0.3) is 22.8 Å². The van der Waals surface area contributed by atoms with Crippen molar-refractivity contribution in [2.45, 2.75) is 32.9 Å². The lowest BCUT2D eigenvalue weighted by molar-refractivity contribution is -0.210. The molecule has 0 saturated heterocycles. The number of benzene rings is 2. The van der Waals surface area contributed by atoms with Gasteiger partial charge in [-0.2, -0.15) is 23.1 Å². The molecule has 1 N–H and O–H groups in total. The first-order valence-corrected chi connectivity index (χ1v) is 10.3. The summed E-state index contributed by atoms with van der Waals surface area (Å²) in [5.74, 6) is -0.346. The van der Waals surface area contributed by atoms with Gasteiger partial charge in [0.1, 0.15) is 16.9 Å². The standard InChI is InChI=1S/C23H21ClF3N3O3/c1-22(2,23(25,26)27)18(32)11-5-13-4-10-17(24)16(12-13)20-28-19(29-21(30-20)33-3)14-6-8-15(31)9-7-14/h4,6-10,12,31H,5,11H2,1-3H3. The van der Waals surface area contributed by atoms with Crippen molar-refractivity contribution in [3.8, 4) is 34.5 Å². The Morgan fingerprint density at radius 1 is 1.03 bits per heavy atom. The number of nitrogens with zero attached hydrogens (tertiary/aromatic N) is 3. The average molecular weight is 480 g/mol. The van der Waals surface area contributed by atoms with Gasteiger partial charge in [0.2, 0.25) is 0 Å². The summed E-state index contributed by atoms with van der Waals surface area (Å²) < 4.78 is 44.6. The predicted molar refractivity (Wildman–Crippen MR) is 117 cm³/mol. The number of carbonyl (C=O) groups is 1. The smallest absolute Gasteiger partial charge is 0.400 e. The first-order valence-electron chi connectivity index (χ1n) is 9.90. The van der Waals surface area contributed by atoms with Crippen LogP contribution in [0.2, 0.25) is 5.02 Å². The zero-order valence-corrected chi connectivity index (χ0v) is 18.8. The molecule has 0 amide bonds. The van der Waals surface area contributed by atoms with Crippen LogP contribution in [0.5, 0.6) is 11.8 Å². The number of carbonyl (C=O) groups excluding carboxylic acids is 1. The maximum atomic E-state index is 13.1. The van der Waals surface area contributed by atoms with Crippen molar-refractivity contribution < 1.29 is 27.8 Å². The van der Waals surface area contributed by atoms with Crippen molar-refractivity contribution in [1.82, 2.24) is 15.0 Å². The number of alkyl halides is 3. The summed E-state index contributed by atoms with van der Waals surface area (Å²) in [6.45, 7) is 1.76. The lowest BCUT2D eigenvalue weighted by Crippen LogP contribution is -2.39. The SMILES string of the molecule is COc1nc(-c2ccc(O)cc2)nc(-c2cc(CCC(=O)C(C)(C)C(F)(F)F)ccc2Cl)n1. The second-order valence-corrected chi connectivity index (χ2v) is 8.28. The van der Waals surface area contributed by atoms with Crippen LogP contribution in [-0.4, -0.2) is 39.1 Å². The fraction of sp³-hybridized carbons (Fsp3) is 0.304. The van der Waals surface area contributed by atoms with Crippen LogP contribution < -0.4 is 4.74 Å². The Hall–Kier alpha value is -3.20. The maximum Gasteiger partial charge on any atom is 0.400 e. The second-order valence-electron chi connectivity index (χ2n) is 7.88. The third-order valence-corrected chi connectivity index (χ3v) is 5.57. The van der Waals surface area contributed by atoms with Gasteiger partial charge in [0.25, 0.3) is 0 Å². The number of halogens is 4. The van der Waals surface area contributed by atoms with Crippen molar-refractivity contribution in [3.05, 3.63) is 53.1 Å². The van der Waals surface area contributed by atoms with Crippen molar-refractivity contribution in [1.29, 1.82) is 0 Å². The summed E-state index contributed by atoms with van der Waals surface area (Å²) in [4.78, 5) is 25.1. The second kappa shape index (κ2) is 9.35. The molecule has 0 aliphatic heterocycles. The molecule has 2 aromatic carbocycles. The van der Waals surface area contributed by atoms with Crippen molar-refractivity contribution in [2.75, 3.05) is 7.11 Å². The average Bonchev–Trinajstić information content (AvgIpc) is 2.77. The molecule has 10 heteroatoms. The number of phenols is 1. The number of aryl methyl sites for hydroxylation is 1. The van der Waals surface area contributed by atoms with E-state index in [2.05, 4.69) is 15.0 Å². The number of methoxy groups -OCH3 is 1. The fourth-order valence-electron chi connectivity index (χ4n) is 2.94. The van der Waals surface area contributed by atoms with E-state index < -0.39 is 17.4 Å². The molecule has 0 aliphatic rings. The van der Waals surface area contributed by atoms with Gasteiger partial charge in [0, 0.05) is 17.5 Å². The summed E-state index contributed by atoms with van der Waals surface area (Å²) in [5.41, 5.74) is -0.811. The number of aromatic hydroxyl groups is 1. The monoisotopic (exact) mass is 479 g/mol. The molecule has 1 heterocycles. The van der Waals surface area contributed by atoms with E-state index in [-0.39, 0.29) is 36.3 Å². The van der Waals surface area contributed by atoms with E-state index in [9.17, 15) is 23.1 Å². The number of rotatable bonds is 7. The molecule has 174 valence electrons. The van der Waals surface area contributed by atoms with E-state index in [1.54, 1.807) is 30.3 Å². The molecular weight excluding hydrogens is 459 g/mol. The third-order valence-electron chi connectivity index (χ3n) is 5.24. The van der Waals surface area contributed by atoms with Crippen LogP contribution in [0.1, 0.15) is 25.8 Å². The summed E-state index contributed by atoms with van der Waals surface area (Å²) in [5, 5.41) is 9.82. The lowest BCUT2D eigenvalue weighted by Gasteiger charge is -2.26. The minimum Gasteiger partial charge on any atom is -0.508 e. The Kier molecular flexibility index (Phi) is 6.92. The third kappa shape index (κ3) is 5.42. The number of hydrogen-bond donors (Lipinski definition) is 1. The van der Waals surface area contributed by atoms with Gasteiger partial charge in [-0.05, 0) is 62.2 Å². The Labute approximate surface area is 193 Å². The Bertz CT molecular complexity index is 1170. The summed E-state index contributed by atoms with van der Waals surface area (Å²) in [6.07, 6.45) is -4.82. The van der Waals surface area contributed by atoms with Gasteiger partial charge < -0.3 is 9.84 Å². The van der Waals surface area contributed by atoms with Gasteiger partial charge in [-0.1, -0.05) is 17.7 Å². The highest BCUT2D eigenvalue weighted by atomic mass is 35.5. The summed E-state index contributed by atoms with van der Waals surface area (Å²) >= 11 is 6.35. The van der Waals surface area contributed by atoms with Crippen LogP contribution >= 0.6 is 11.6 Å². The topological polar surface area (TPSA) is 85.2 Å². The number of Topliss-reactive ketones (excluding diaryl/α,β-unsaturated/α-hetero) is 1. The van der Waals surface area contributed by atoms with Crippen LogP contribution in [0.4, 0.5) is 13.2 Å².